The normalized spacial score (nSPS) is 17.5. The summed E-state index contributed by atoms with van der Waals surface area (Å²) in [5, 5.41) is 0. The second-order valence-electron chi connectivity index (χ2n) is 5.48. The molecule has 0 saturated carbocycles. The third kappa shape index (κ3) is 2.21. The fourth-order valence-electron chi connectivity index (χ4n) is 3.21. The number of thioether (sulfide) groups is 1. The van der Waals surface area contributed by atoms with Gasteiger partial charge in [0.2, 0.25) is 0 Å². The van der Waals surface area contributed by atoms with Crippen LogP contribution in [0.15, 0.2) is 41.3 Å². The van der Waals surface area contributed by atoms with Crippen molar-refractivity contribution in [2.45, 2.75) is 37.5 Å². The van der Waals surface area contributed by atoms with E-state index >= 15 is 0 Å². The molecule has 1 aliphatic carbocycles. The average molecular weight is 268 g/mol. The lowest BCUT2D eigenvalue weighted by molar-refractivity contribution is 0.779. The Morgan fingerprint density at radius 3 is 2.42 bits per heavy atom. The highest BCUT2D eigenvalue weighted by molar-refractivity contribution is 7.98. The van der Waals surface area contributed by atoms with Gasteiger partial charge in [0.05, 0.1) is 0 Å². The van der Waals surface area contributed by atoms with Gasteiger partial charge in [0.15, 0.2) is 0 Å². The first kappa shape index (κ1) is 12.8. The Morgan fingerprint density at radius 1 is 1.00 bits per heavy atom. The molecule has 0 radical (unpaired) electrons. The standard InChI is InChI=1S/C18H20S/c1-12-4-7-14(8-5-12)16-10-9-15-13(2)6-11-17(19-3)18(15)16/h4-8,11,16H,9-10H2,1-3H3. The second kappa shape index (κ2) is 5.05. The predicted molar refractivity (Wildman–Crippen MR) is 84.3 cm³/mol. The highest BCUT2D eigenvalue weighted by Crippen LogP contribution is 2.44. The van der Waals surface area contributed by atoms with Gasteiger partial charge in [-0.1, -0.05) is 35.9 Å². The summed E-state index contributed by atoms with van der Waals surface area (Å²) < 4.78 is 0. The van der Waals surface area contributed by atoms with E-state index in [1.54, 1.807) is 11.1 Å². The lowest BCUT2D eigenvalue weighted by atomic mass is 9.91. The van der Waals surface area contributed by atoms with Crippen molar-refractivity contribution in [1.82, 2.24) is 0 Å². The third-order valence-electron chi connectivity index (χ3n) is 4.28. The quantitative estimate of drug-likeness (QED) is 0.683. The molecular weight excluding hydrogens is 248 g/mol. The SMILES string of the molecule is CSc1ccc(C)c2c1C(c1ccc(C)cc1)CC2. The van der Waals surface area contributed by atoms with Crippen molar-refractivity contribution in [2.24, 2.45) is 0 Å². The van der Waals surface area contributed by atoms with Gasteiger partial charge in [-0.15, -0.1) is 11.8 Å². The summed E-state index contributed by atoms with van der Waals surface area (Å²) in [6, 6.07) is 13.7. The number of rotatable bonds is 2. The maximum atomic E-state index is 2.31. The molecule has 1 aliphatic rings. The molecule has 0 saturated heterocycles. The summed E-state index contributed by atoms with van der Waals surface area (Å²) in [4.78, 5) is 1.46. The lowest BCUT2D eigenvalue weighted by Gasteiger charge is -2.16. The number of benzene rings is 2. The summed E-state index contributed by atoms with van der Waals surface area (Å²) in [6.45, 7) is 4.41. The first-order valence-electron chi connectivity index (χ1n) is 6.93. The van der Waals surface area contributed by atoms with Gasteiger partial charge in [-0.2, -0.15) is 0 Å². The van der Waals surface area contributed by atoms with Crippen LogP contribution < -0.4 is 0 Å². The first-order chi connectivity index (χ1) is 9.20. The molecule has 3 rings (SSSR count). The van der Waals surface area contributed by atoms with Gasteiger partial charge < -0.3 is 0 Å². The number of hydrogen-bond donors (Lipinski definition) is 0. The van der Waals surface area contributed by atoms with Gasteiger partial charge in [0.25, 0.3) is 0 Å². The van der Waals surface area contributed by atoms with Crippen LogP contribution in [0, 0.1) is 13.8 Å². The van der Waals surface area contributed by atoms with E-state index < -0.39 is 0 Å². The van der Waals surface area contributed by atoms with Crippen molar-refractivity contribution in [2.75, 3.05) is 6.26 Å². The van der Waals surface area contributed by atoms with Gasteiger partial charge in [-0.3, -0.25) is 0 Å². The van der Waals surface area contributed by atoms with E-state index in [0.717, 1.165) is 0 Å². The summed E-state index contributed by atoms with van der Waals surface area (Å²) in [5.41, 5.74) is 7.47. The Kier molecular flexibility index (Phi) is 3.40. The monoisotopic (exact) mass is 268 g/mol. The summed E-state index contributed by atoms with van der Waals surface area (Å²) in [7, 11) is 0. The molecule has 98 valence electrons. The van der Waals surface area contributed by atoms with Crippen molar-refractivity contribution in [1.29, 1.82) is 0 Å². The van der Waals surface area contributed by atoms with E-state index in [0.29, 0.717) is 5.92 Å². The zero-order chi connectivity index (χ0) is 13.4. The van der Waals surface area contributed by atoms with Crippen LogP contribution in [0.3, 0.4) is 0 Å². The number of aryl methyl sites for hydroxylation is 2. The number of fused-ring (bicyclic) bond motifs is 1. The molecule has 0 aliphatic heterocycles. The molecule has 1 heteroatoms. The Bertz CT molecular complexity index is 596. The number of hydrogen-bond acceptors (Lipinski definition) is 1. The van der Waals surface area contributed by atoms with Gasteiger partial charge >= 0.3 is 0 Å². The van der Waals surface area contributed by atoms with Crippen LogP contribution in [0.2, 0.25) is 0 Å². The van der Waals surface area contributed by atoms with Crippen molar-refractivity contribution >= 4 is 11.8 Å². The van der Waals surface area contributed by atoms with E-state index in [1.165, 1.54) is 34.4 Å². The molecule has 0 bridgehead atoms. The predicted octanol–water partition coefficient (Wildman–Crippen LogP) is 5.10. The maximum Gasteiger partial charge on any atom is 0.0110 e. The Balaban J connectivity index is 2.10. The Hall–Kier alpha value is -1.21. The molecule has 19 heavy (non-hydrogen) atoms. The Morgan fingerprint density at radius 2 is 1.74 bits per heavy atom. The van der Waals surface area contributed by atoms with E-state index in [1.807, 2.05) is 11.8 Å². The molecule has 0 nitrogen and oxygen atoms in total. The molecule has 1 atom stereocenters. The molecule has 2 aromatic rings. The largest absolute Gasteiger partial charge is 0.129 e. The van der Waals surface area contributed by atoms with E-state index in [2.05, 4.69) is 56.5 Å². The molecule has 0 N–H and O–H groups in total. The second-order valence-corrected chi connectivity index (χ2v) is 6.33. The minimum Gasteiger partial charge on any atom is -0.129 e. The molecule has 0 amide bonds. The fraction of sp³-hybridized carbons (Fsp3) is 0.333. The molecule has 1 unspecified atom stereocenters. The zero-order valence-corrected chi connectivity index (χ0v) is 12.7. The van der Waals surface area contributed by atoms with E-state index in [4.69, 9.17) is 0 Å². The van der Waals surface area contributed by atoms with E-state index in [-0.39, 0.29) is 0 Å². The van der Waals surface area contributed by atoms with Crippen molar-refractivity contribution < 1.29 is 0 Å². The van der Waals surface area contributed by atoms with Crippen LogP contribution in [0.25, 0.3) is 0 Å². The smallest absolute Gasteiger partial charge is 0.0110 e. The molecule has 0 fully saturated rings. The van der Waals surface area contributed by atoms with Crippen LogP contribution in [0.4, 0.5) is 0 Å². The molecule has 0 spiro atoms. The average Bonchev–Trinajstić information content (AvgIpc) is 2.86. The molecule has 2 aromatic carbocycles. The third-order valence-corrected chi connectivity index (χ3v) is 5.08. The van der Waals surface area contributed by atoms with Crippen molar-refractivity contribution in [3.63, 3.8) is 0 Å². The highest BCUT2D eigenvalue weighted by Gasteiger charge is 2.27. The van der Waals surface area contributed by atoms with Crippen LogP contribution in [0.5, 0.6) is 0 Å². The molecule has 0 aromatic heterocycles. The van der Waals surface area contributed by atoms with Crippen LogP contribution in [0.1, 0.15) is 40.2 Å². The first-order valence-corrected chi connectivity index (χ1v) is 8.16. The van der Waals surface area contributed by atoms with E-state index in [9.17, 15) is 0 Å². The summed E-state index contributed by atoms with van der Waals surface area (Å²) in [5.74, 6) is 0.595. The summed E-state index contributed by atoms with van der Waals surface area (Å²) in [6.07, 6.45) is 4.68. The fourth-order valence-corrected chi connectivity index (χ4v) is 3.90. The van der Waals surface area contributed by atoms with Gasteiger partial charge in [0, 0.05) is 10.8 Å². The summed E-state index contributed by atoms with van der Waals surface area (Å²) >= 11 is 1.88. The van der Waals surface area contributed by atoms with Crippen molar-refractivity contribution in [3.8, 4) is 0 Å². The van der Waals surface area contributed by atoms with Gasteiger partial charge in [-0.05, 0) is 61.3 Å². The topological polar surface area (TPSA) is 0 Å². The van der Waals surface area contributed by atoms with Gasteiger partial charge in [0.1, 0.15) is 0 Å². The maximum absolute atomic E-state index is 2.31. The van der Waals surface area contributed by atoms with Crippen LogP contribution in [-0.2, 0) is 6.42 Å². The van der Waals surface area contributed by atoms with Gasteiger partial charge in [-0.25, -0.2) is 0 Å². The molecule has 0 heterocycles. The Labute approximate surface area is 120 Å². The molecular formula is C18H20S. The zero-order valence-electron chi connectivity index (χ0n) is 11.9. The minimum atomic E-state index is 0.595. The van der Waals surface area contributed by atoms with Crippen LogP contribution in [-0.4, -0.2) is 6.26 Å². The van der Waals surface area contributed by atoms with Crippen molar-refractivity contribution in [3.05, 3.63) is 64.2 Å². The minimum absolute atomic E-state index is 0.595. The lowest BCUT2D eigenvalue weighted by Crippen LogP contribution is -1.99. The highest BCUT2D eigenvalue weighted by atomic mass is 32.2. The van der Waals surface area contributed by atoms with Crippen LogP contribution >= 0.6 is 11.8 Å².